The Balaban J connectivity index is 2.52. The predicted molar refractivity (Wildman–Crippen MR) is 60.5 cm³/mol. The Labute approximate surface area is 92.3 Å². The molecule has 0 radical (unpaired) electrons. The second kappa shape index (κ2) is 3.73. The average Bonchev–Trinajstić information content (AvgIpc) is 2.71. The molecule has 2 rings (SSSR count). The number of hydrogen-bond acceptors (Lipinski definition) is 5. The maximum Gasteiger partial charge on any atom is 0.168 e. The van der Waals surface area contributed by atoms with Crippen molar-refractivity contribution in [3.05, 3.63) is 15.9 Å². The molecule has 0 spiro atoms. The van der Waals surface area contributed by atoms with Gasteiger partial charge in [-0.2, -0.15) is 8.75 Å². The molecule has 0 aliphatic heterocycles. The highest BCUT2D eigenvalue weighted by Gasteiger charge is 2.12. The van der Waals surface area contributed by atoms with Gasteiger partial charge in [0.1, 0.15) is 5.69 Å². The lowest BCUT2D eigenvalue weighted by Gasteiger charge is -1.96. The van der Waals surface area contributed by atoms with Crippen LogP contribution < -0.4 is 5.32 Å². The van der Waals surface area contributed by atoms with Gasteiger partial charge in [0.2, 0.25) is 0 Å². The molecule has 0 unspecified atom stereocenters. The number of rotatable bonds is 2. The molecule has 0 aromatic carbocycles. The van der Waals surface area contributed by atoms with E-state index in [0.29, 0.717) is 0 Å². The van der Waals surface area contributed by atoms with Crippen molar-refractivity contribution in [1.82, 2.24) is 8.75 Å². The Bertz CT molecular complexity index is 409. The van der Waals surface area contributed by atoms with E-state index in [1.54, 1.807) is 11.3 Å². The van der Waals surface area contributed by atoms with Gasteiger partial charge in [-0.25, -0.2) is 0 Å². The molecule has 68 valence electrons. The largest absolute Gasteiger partial charge is 0.370 e. The van der Waals surface area contributed by atoms with Crippen molar-refractivity contribution in [2.75, 3.05) is 12.4 Å². The van der Waals surface area contributed by atoms with Crippen LogP contribution in [0.1, 0.15) is 0 Å². The second-order valence-corrected chi connectivity index (χ2v) is 4.61. The van der Waals surface area contributed by atoms with Crippen LogP contribution in [-0.2, 0) is 0 Å². The molecule has 0 aliphatic rings. The highest BCUT2D eigenvalue weighted by molar-refractivity contribution is 9.10. The van der Waals surface area contributed by atoms with E-state index in [1.807, 2.05) is 18.5 Å². The average molecular weight is 276 g/mol. The number of nitrogens with zero attached hydrogens (tertiary/aromatic N) is 2. The van der Waals surface area contributed by atoms with Gasteiger partial charge in [0.25, 0.3) is 0 Å². The van der Waals surface area contributed by atoms with Crippen LogP contribution in [0.3, 0.4) is 0 Å². The van der Waals surface area contributed by atoms with Gasteiger partial charge in [-0.15, -0.1) is 11.3 Å². The summed E-state index contributed by atoms with van der Waals surface area (Å²) < 4.78 is 9.45. The van der Waals surface area contributed by atoms with E-state index < -0.39 is 0 Å². The van der Waals surface area contributed by atoms with Crippen LogP contribution in [0.15, 0.2) is 15.9 Å². The Morgan fingerprint density at radius 3 is 2.92 bits per heavy atom. The monoisotopic (exact) mass is 275 g/mol. The first kappa shape index (κ1) is 9.11. The summed E-state index contributed by atoms with van der Waals surface area (Å²) in [5.41, 5.74) is 0.925. The van der Waals surface area contributed by atoms with E-state index in [9.17, 15) is 0 Å². The van der Waals surface area contributed by atoms with Crippen molar-refractivity contribution < 1.29 is 0 Å². The summed E-state index contributed by atoms with van der Waals surface area (Å²) in [6.07, 6.45) is 0. The lowest BCUT2D eigenvalue weighted by molar-refractivity contribution is 1.41. The summed E-state index contributed by atoms with van der Waals surface area (Å²) >= 11 is 6.35. The molecule has 1 N–H and O–H groups in total. The molecule has 2 aromatic rings. The molecule has 0 fully saturated rings. The van der Waals surface area contributed by atoms with Crippen molar-refractivity contribution in [1.29, 1.82) is 0 Å². The molecule has 0 amide bonds. The smallest absolute Gasteiger partial charge is 0.168 e. The molecule has 6 heteroatoms. The van der Waals surface area contributed by atoms with Crippen LogP contribution in [0.5, 0.6) is 0 Å². The van der Waals surface area contributed by atoms with Gasteiger partial charge in [-0.3, -0.25) is 0 Å². The quantitative estimate of drug-likeness (QED) is 0.916. The first-order chi connectivity index (χ1) is 6.33. The lowest BCUT2D eigenvalue weighted by Crippen LogP contribution is -1.89. The minimum absolute atomic E-state index is 0.841. The van der Waals surface area contributed by atoms with E-state index in [0.717, 1.165) is 20.9 Å². The zero-order valence-corrected chi connectivity index (χ0v) is 9.96. The third kappa shape index (κ3) is 1.61. The minimum atomic E-state index is 0.841. The number of anilines is 1. The molecular weight excluding hydrogens is 270 g/mol. The lowest BCUT2D eigenvalue weighted by atomic mass is 10.3. The second-order valence-electron chi connectivity index (χ2n) is 2.31. The van der Waals surface area contributed by atoms with E-state index in [4.69, 9.17) is 0 Å². The molecule has 0 aliphatic carbocycles. The molecule has 0 saturated carbocycles. The van der Waals surface area contributed by atoms with Gasteiger partial charge in [0.15, 0.2) is 5.82 Å². The predicted octanol–water partition coefficient (Wildman–Crippen LogP) is 3.07. The molecule has 2 aromatic heterocycles. The number of halogens is 1. The number of aromatic nitrogens is 2. The SMILES string of the molecule is CNc1nsnc1-c1sccc1Br. The number of thiophene rings is 1. The molecule has 3 nitrogen and oxygen atoms in total. The van der Waals surface area contributed by atoms with Crippen molar-refractivity contribution in [3.63, 3.8) is 0 Å². The van der Waals surface area contributed by atoms with Crippen molar-refractivity contribution >= 4 is 44.8 Å². The van der Waals surface area contributed by atoms with Gasteiger partial charge in [0.05, 0.1) is 16.6 Å². The van der Waals surface area contributed by atoms with Crippen molar-refractivity contribution in [2.24, 2.45) is 0 Å². The maximum atomic E-state index is 4.24. The first-order valence-electron chi connectivity index (χ1n) is 3.56. The summed E-state index contributed by atoms with van der Waals surface area (Å²) in [6.45, 7) is 0. The highest BCUT2D eigenvalue weighted by atomic mass is 79.9. The number of nitrogens with one attached hydrogen (secondary N) is 1. The van der Waals surface area contributed by atoms with Gasteiger partial charge in [0, 0.05) is 11.5 Å². The van der Waals surface area contributed by atoms with Gasteiger partial charge < -0.3 is 5.32 Å². The topological polar surface area (TPSA) is 37.8 Å². The Morgan fingerprint density at radius 1 is 1.46 bits per heavy atom. The fraction of sp³-hybridized carbons (Fsp3) is 0.143. The van der Waals surface area contributed by atoms with Crippen molar-refractivity contribution in [2.45, 2.75) is 0 Å². The van der Waals surface area contributed by atoms with E-state index in [-0.39, 0.29) is 0 Å². The fourth-order valence-corrected chi connectivity index (χ4v) is 3.13. The zero-order chi connectivity index (χ0) is 9.26. The van der Waals surface area contributed by atoms with Crippen LogP contribution in [0.4, 0.5) is 5.82 Å². The normalized spacial score (nSPS) is 10.3. The van der Waals surface area contributed by atoms with Crippen LogP contribution in [0.2, 0.25) is 0 Å². The minimum Gasteiger partial charge on any atom is -0.370 e. The summed E-state index contributed by atoms with van der Waals surface area (Å²) in [5, 5.41) is 5.04. The Hall–Kier alpha value is -0.460. The molecular formula is C7H6BrN3S2. The van der Waals surface area contributed by atoms with Crippen molar-refractivity contribution in [3.8, 4) is 10.6 Å². The molecule has 0 saturated heterocycles. The van der Waals surface area contributed by atoms with E-state index in [1.165, 1.54) is 11.7 Å². The van der Waals surface area contributed by atoms with Crippen LogP contribution in [0.25, 0.3) is 10.6 Å². The summed E-state index contributed by atoms with van der Waals surface area (Å²) in [5.74, 6) is 0.841. The standard InChI is InChI=1S/C7H6BrN3S2/c1-9-7-5(10-13-11-7)6-4(8)2-3-12-6/h2-3H,1H3,(H,9,11). The molecule has 0 bridgehead atoms. The first-order valence-corrected chi connectivity index (χ1v) is 5.97. The van der Waals surface area contributed by atoms with Gasteiger partial charge in [-0.1, -0.05) is 0 Å². The third-order valence-electron chi connectivity index (χ3n) is 1.56. The summed E-state index contributed by atoms with van der Waals surface area (Å²) in [7, 11) is 1.85. The van der Waals surface area contributed by atoms with E-state index in [2.05, 4.69) is 30.0 Å². The fourth-order valence-electron chi connectivity index (χ4n) is 0.964. The molecule has 13 heavy (non-hydrogen) atoms. The summed E-state index contributed by atoms with van der Waals surface area (Å²) in [4.78, 5) is 1.12. The highest BCUT2D eigenvalue weighted by Crippen LogP contribution is 2.36. The zero-order valence-electron chi connectivity index (χ0n) is 6.74. The van der Waals surface area contributed by atoms with Crippen LogP contribution in [-0.4, -0.2) is 15.8 Å². The maximum absolute atomic E-state index is 4.24. The van der Waals surface area contributed by atoms with Crippen LogP contribution in [0, 0.1) is 0 Å². The van der Waals surface area contributed by atoms with Gasteiger partial charge in [-0.05, 0) is 27.4 Å². The Morgan fingerprint density at radius 2 is 2.31 bits per heavy atom. The van der Waals surface area contributed by atoms with E-state index >= 15 is 0 Å². The summed E-state index contributed by atoms with van der Waals surface area (Å²) in [6, 6.07) is 2.01. The number of hydrogen-bond donors (Lipinski definition) is 1. The third-order valence-corrected chi connectivity index (χ3v) is 3.93. The Kier molecular flexibility index (Phi) is 2.61. The molecule has 0 atom stereocenters. The van der Waals surface area contributed by atoms with Gasteiger partial charge >= 0.3 is 0 Å². The van der Waals surface area contributed by atoms with Crippen LogP contribution >= 0.6 is 39.0 Å². The molecule has 2 heterocycles.